The van der Waals surface area contributed by atoms with Crippen LogP contribution in [0.5, 0.6) is 0 Å². The molecule has 2 N–H and O–H groups in total. The molecule has 31 heavy (non-hydrogen) atoms. The number of fused-ring (bicyclic) bond motifs is 1. The molecule has 2 heterocycles. The smallest absolute Gasteiger partial charge is 0.319 e. The van der Waals surface area contributed by atoms with E-state index in [1.54, 1.807) is 16.6 Å². The van der Waals surface area contributed by atoms with E-state index in [-0.39, 0.29) is 17.3 Å². The van der Waals surface area contributed by atoms with Gasteiger partial charge in [-0.25, -0.2) is 13.7 Å². The molecule has 160 valence electrons. The number of anilines is 1. The number of carbonyl (C=O) groups is 1. The lowest BCUT2D eigenvalue weighted by atomic mass is 9.87. The normalized spacial score (nSPS) is 11.6. The number of hydrogen-bond donors (Lipinski definition) is 2. The van der Waals surface area contributed by atoms with Gasteiger partial charge in [-0.05, 0) is 35.2 Å². The molecule has 0 aliphatic carbocycles. The third-order valence-electron chi connectivity index (χ3n) is 4.91. The van der Waals surface area contributed by atoms with Crippen LogP contribution in [0.15, 0.2) is 53.9 Å². The third-order valence-corrected chi connectivity index (χ3v) is 5.77. The largest absolute Gasteiger partial charge is 0.337 e. The van der Waals surface area contributed by atoms with Crippen LogP contribution in [-0.2, 0) is 11.8 Å². The topological polar surface area (TPSA) is 71.3 Å². The van der Waals surface area contributed by atoms with Gasteiger partial charge in [0.1, 0.15) is 5.82 Å². The lowest BCUT2D eigenvalue weighted by Gasteiger charge is -2.19. The summed E-state index contributed by atoms with van der Waals surface area (Å²) in [6.45, 7) is 6.91. The molecule has 0 unspecified atom stereocenters. The third kappa shape index (κ3) is 4.91. The number of amides is 2. The fourth-order valence-electron chi connectivity index (χ4n) is 3.18. The Kier molecular flexibility index (Phi) is 5.73. The average Bonchev–Trinajstić information content (AvgIpc) is 3.29. The van der Waals surface area contributed by atoms with E-state index < -0.39 is 0 Å². The predicted octanol–water partition coefficient (Wildman–Crippen LogP) is 5.26. The highest BCUT2D eigenvalue weighted by molar-refractivity contribution is 7.15. The van der Waals surface area contributed by atoms with Crippen molar-refractivity contribution in [3.8, 4) is 11.4 Å². The molecule has 4 rings (SSSR count). The van der Waals surface area contributed by atoms with Gasteiger partial charge in [0, 0.05) is 29.6 Å². The molecule has 2 aromatic carbocycles. The van der Waals surface area contributed by atoms with Crippen molar-refractivity contribution in [1.29, 1.82) is 0 Å². The van der Waals surface area contributed by atoms with E-state index in [4.69, 9.17) is 0 Å². The van der Waals surface area contributed by atoms with Crippen LogP contribution in [0.4, 0.5) is 14.9 Å². The number of urea groups is 1. The number of rotatable bonds is 5. The van der Waals surface area contributed by atoms with Crippen molar-refractivity contribution < 1.29 is 9.18 Å². The molecule has 0 spiro atoms. The summed E-state index contributed by atoms with van der Waals surface area (Å²) in [5, 5.41) is 12.2. The molecule has 0 saturated heterocycles. The first-order chi connectivity index (χ1) is 14.8. The fraction of sp³-hybridized carbons (Fsp3) is 0.261. The molecule has 4 aromatic rings. The first kappa shape index (κ1) is 21.0. The Hall–Kier alpha value is -3.26. The first-order valence-corrected chi connectivity index (χ1v) is 10.9. The van der Waals surface area contributed by atoms with Crippen LogP contribution in [0.25, 0.3) is 16.3 Å². The van der Waals surface area contributed by atoms with Crippen molar-refractivity contribution in [3.05, 3.63) is 71.0 Å². The molecule has 0 bridgehead atoms. The number of benzene rings is 2. The van der Waals surface area contributed by atoms with Gasteiger partial charge in [-0.2, -0.15) is 4.98 Å². The second kappa shape index (κ2) is 8.47. The van der Waals surface area contributed by atoms with Crippen molar-refractivity contribution in [2.45, 2.75) is 32.6 Å². The Morgan fingerprint density at radius 3 is 2.65 bits per heavy atom. The van der Waals surface area contributed by atoms with Crippen LogP contribution in [0, 0.1) is 5.82 Å². The summed E-state index contributed by atoms with van der Waals surface area (Å²) in [5.74, 6) is 0.163. The van der Waals surface area contributed by atoms with Crippen molar-refractivity contribution in [3.63, 3.8) is 0 Å². The van der Waals surface area contributed by atoms with Gasteiger partial charge in [-0.15, -0.1) is 16.4 Å². The van der Waals surface area contributed by atoms with Crippen molar-refractivity contribution in [2.75, 3.05) is 11.9 Å². The average molecular weight is 438 g/mol. The van der Waals surface area contributed by atoms with Crippen LogP contribution in [0.3, 0.4) is 0 Å². The summed E-state index contributed by atoms with van der Waals surface area (Å²) < 4.78 is 15.2. The van der Waals surface area contributed by atoms with Gasteiger partial charge < -0.3 is 10.6 Å². The van der Waals surface area contributed by atoms with E-state index in [0.717, 1.165) is 16.3 Å². The highest BCUT2D eigenvalue weighted by atomic mass is 32.1. The molecule has 0 atom stereocenters. The van der Waals surface area contributed by atoms with Gasteiger partial charge in [-0.3, -0.25) is 0 Å². The molecule has 0 aliphatic heterocycles. The zero-order valence-electron chi connectivity index (χ0n) is 17.6. The zero-order valence-corrected chi connectivity index (χ0v) is 18.5. The maximum atomic E-state index is 13.5. The number of thiazole rings is 1. The Morgan fingerprint density at radius 1 is 1.16 bits per heavy atom. The molecular weight excluding hydrogens is 413 g/mol. The Labute approximate surface area is 184 Å². The molecular formula is C23H24FN5OS. The minimum Gasteiger partial charge on any atom is -0.337 e. The minimum absolute atomic E-state index is 0.0720. The lowest BCUT2D eigenvalue weighted by molar-refractivity contribution is 0.252. The molecule has 0 saturated carbocycles. The van der Waals surface area contributed by atoms with Gasteiger partial charge in [0.25, 0.3) is 0 Å². The molecule has 8 heteroatoms. The zero-order chi connectivity index (χ0) is 22.0. The van der Waals surface area contributed by atoms with E-state index in [1.807, 2.05) is 29.6 Å². The summed E-state index contributed by atoms with van der Waals surface area (Å²) >= 11 is 1.47. The van der Waals surface area contributed by atoms with Gasteiger partial charge >= 0.3 is 6.03 Å². The number of halogens is 1. The SMILES string of the molecule is CC(C)(C)c1ccc(NC(=O)NCCc2csc3nc(-c4cccc(F)c4)nn23)cc1. The van der Waals surface area contributed by atoms with Gasteiger partial charge in [0.15, 0.2) is 5.82 Å². The second-order valence-electron chi connectivity index (χ2n) is 8.33. The highest BCUT2D eigenvalue weighted by Gasteiger charge is 2.14. The fourth-order valence-corrected chi connectivity index (χ4v) is 4.04. The standard InChI is InChI=1S/C23H24FN5OS/c1-23(2,3)16-7-9-18(10-8-16)26-21(30)25-12-11-19-14-31-22-27-20(28-29(19)22)15-5-4-6-17(24)13-15/h4-10,13-14H,11-12H2,1-3H3,(H2,25,26,30). The van der Waals surface area contributed by atoms with Crippen LogP contribution in [0.2, 0.25) is 0 Å². The summed E-state index contributed by atoms with van der Waals surface area (Å²) in [5.41, 5.74) is 3.61. The molecule has 2 amide bonds. The summed E-state index contributed by atoms with van der Waals surface area (Å²) in [4.78, 5) is 17.4. The second-order valence-corrected chi connectivity index (χ2v) is 9.16. The molecule has 6 nitrogen and oxygen atoms in total. The maximum absolute atomic E-state index is 13.5. The van der Waals surface area contributed by atoms with Crippen molar-refractivity contribution >= 4 is 28.0 Å². The monoisotopic (exact) mass is 437 g/mol. The van der Waals surface area contributed by atoms with Crippen molar-refractivity contribution in [2.24, 2.45) is 0 Å². The highest BCUT2D eigenvalue weighted by Crippen LogP contribution is 2.24. The van der Waals surface area contributed by atoms with E-state index in [9.17, 15) is 9.18 Å². The Morgan fingerprint density at radius 2 is 1.94 bits per heavy atom. The van der Waals surface area contributed by atoms with Gasteiger partial charge in [0.05, 0.1) is 5.69 Å². The molecule has 0 fully saturated rings. The summed E-state index contributed by atoms with van der Waals surface area (Å²) in [7, 11) is 0. The van der Waals surface area contributed by atoms with Gasteiger partial charge in [0.2, 0.25) is 4.96 Å². The van der Waals surface area contributed by atoms with Crippen LogP contribution < -0.4 is 10.6 Å². The lowest BCUT2D eigenvalue weighted by Crippen LogP contribution is -2.30. The number of carbonyl (C=O) groups excluding carboxylic acids is 1. The number of hydrogen-bond acceptors (Lipinski definition) is 4. The minimum atomic E-state index is -0.320. The number of aromatic nitrogens is 3. The summed E-state index contributed by atoms with van der Waals surface area (Å²) in [6, 6.07) is 13.8. The molecule has 0 radical (unpaired) electrons. The summed E-state index contributed by atoms with van der Waals surface area (Å²) in [6.07, 6.45) is 0.600. The number of nitrogens with one attached hydrogen (secondary N) is 2. The Bertz CT molecular complexity index is 1210. The molecule has 0 aliphatic rings. The maximum Gasteiger partial charge on any atom is 0.319 e. The van der Waals surface area contributed by atoms with Crippen LogP contribution in [0.1, 0.15) is 32.0 Å². The molecule has 2 aromatic heterocycles. The van der Waals surface area contributed by atoms with Gasteiger partial charge in [-0.1, -0.05) is 45.0 Å². The predicted molar refractivity (Wildman–Crippen MR) is 122 cm³/mol. The van der Waals surface area contributed by atoms with Crippen LogP contribution >= 0.6 is 11.3 Å². The quantitative estimate of drug-likeness (QED) is 0.447. The van der Waals surface area contributed by atoms with Crippen molar-refractivity contribution in [1.82, 2.24) is 19.9 Å². The van der Waals surface area contributed by atoms with E-state index in [0.29, 0.717) is 24.4 Å². The Balaban J connectivity index is 1.34. The first-order valence-electron chi connectivity index (χ1n) is 10.0. The van der Waals surface area contributed by atoms with E-state index >= 15 is 0 Å². The van der Waals surface area contributed by atoms with E-state index in [2.05, 4.69) is 41.5 Å². The van der Waals surface area contributed by atoms with Crippen LogP contribution in [-0.4, -0.2) is 27.2 Å². The van der Waals surface area contributed by atoms with E-state index in [1.165, 1.54) is 29.0 Å². The number of nitrogens with zero attached hydrogens (tertiary/aromatic N) is 3.